The minimum absolute atomic E-state index is 0.0906. The van der Waals surface area contributed by atoms with Crippen LogP contribution in [0.25, 0.3) is 11.1 Å². The molecule has 2 aliphatic rings. The Labute approximate surface area is 238 Å². The normalized spacial score (nSPS) is 17.6. The molecule has 1 saturated heterocycles. The Bertz CT molecular complexity index is 1380. The second kappa shape index (κ2) is 12.5. The van der Waals surface area contributed by atoms with E-state index in [9.17, 15) is 9.18 Å². The van der Waals surface area contributed by atoms with E-state index in [2.05, 4.69) is 17.0 Å². The maximum Gasteiger partial charge on any atom is 0.274 e. The fourth-order valence-electron chi connectivity index (χ4n) is 5.60. The van der Waals surface area contributed by atoms with Gasteiger partial charge in [0.05, 0.1) is 6.67 Å². The molecule has 0 spiro atoms. The molecule has 204 valence electrons. The molecule has 1 amide bonds. The quantitative estimate of drug-likeness (QED) is 0.222. The largest absolute Gasteiger partial charge is 0.489 e. The van der Waals surface area contributed by atoms with Gasteiger partial charge in [0, 0.05) is 35.2 Å². The highest BCUT2D eigenvalue weighted by Gasteiger charge is 2.25. The van der Waals surface area contributed by atoms with Crippen LogP contribution in [0.5, 0.6) is 5.75 Å². The first kappa shape index (κ1) is 27.7. The molecule has 8 heteroatoms. The number of hydrogen-bond donors (Lipinski definition) is 2. The van der Waals surface area contributed by atoms with Crippen molar-refractivity contribution in [2.75, 3.05) is 26.3 Å². The third kappa shape index (κ3) is 6.30. The number of amides is 1. The number of alkyl halides is 1. The van der Waals surface area contributed by atoms with Crippen LogP contribution in [0.3, 0.4) is 0 Å². The van der Waals surface area contributed by atoms with Gasteiger partial charge in [-0.3, -0.25) is 19.3 Å². The fraction of sp³-hybridized carbons (Fsp3) is 0.323. The van der Waals surface area contributed by atoms with Crippen molar-refractivity contribution in [2.24, 2.45) is 0 Å². The number of fused-ring (bicyclic) bond motifs is 1. The van der Waals surface area contributed by atoms with Crippen molar-refractivity contribution in [3.8, 4) is 5.75 Å². The Morgan fingerprint density at radius 1 is 1.05 bits per heavy atom. The molecule has 2 N–H and O–H groups in total. The predicted octanol–water partition coefficient (Wildman–Crippen LogP) is 7.22. The standard InChI is InChI=1S/C31H31Cl2FN2O3/c32-23-8-12-27(29(33)18-23)28-4-1-3-21-17-22(31(37)35-38)7-11-26(21)30(28)20-5-9-24(10-6-20)39-25-13-16-36(19-25)15-2-14-34/h5-12,17-18,25,38H,1-4,13-16,19H2,(H,35,37). The van der Waals surface area contributed by atoms with Crippen molar-refractivity contribution in [2.45, 2.75) is 38.2 Å². The molecule has 1 heterocycles. The van der Waals surface area contributed by atoms with Crippen LogP contribution >= 0.6 is 23.2 Å². The monoisotopic (exact) mass is 568 g/mol. The van der Waals surface area contributed by atoms with Crippen LogP contribution in [0.2, 0.25) is 10.0 Å². The number of halogens is 3. The van der Waals surface area contributed by atoms with Crippen molar-refractivity contribution in [3.05, 3.63) is 98.5 Å². The highest BCUT2D eigenvalue weighted by molar-refractivity contribution is 6.36. The average molecular weight is 570 g/mol. The summed E-state index contributed by atoms with van der Waals surface area (Å²) in [7, 11) is 0. The Kier molecular flexibility index (Phi) is 8.88. The zero-order valence-corrected chi connectivity index (χ0v) is 23.1. The Balaban J connectivity index is 1.51. The van der Waals surface area contributed by atoms with Gasteiger partial charge in [-0.1, -0.05) is 47.5 Å². The topological polar surface area (TPSA) is 61.8 Å². The first-order valence-electron chi connectivity index (χ1n) is 13.3. The van der Waals surface area contributed by atoms with Gasteiger partial charge in [0.1, 0.15) is 11.9 Å². The molecule has 1 unspecified atom stereocenters. The van der Waals surface area contributed by atoms with Gasteiger partial charge in [0.25, 0.3) is 5.91 Å². The first-order valence-corrected chi connectivity index (χ1v) is 14.0. The Morgan fingerprint density at radius 3 is 2.59 bits per heavy atom. The molecule has 1 atom stereocenters. The van der Waals surface area contributed by atoms with Crippen molar-refractivity contribution < 1.29 is 19.1 Å². The highest BCUT2D eigenvalue weighted by Crippen LogP contribution is 2.42. The molecule has 1 aliphatic heterocycles. The van der Waals surface area contributed by atoms with Crippen molar-refractivity contribution >= 4 is 40.3 Å². The summed E-state index contributed by atoms with van der Waals surface area (Å²) in [6, 6.07) is 19.2. The van der Waals surface area contributed by atoms with Gasteiger partial charge in [-0.15, -0.1) is 0 Å². The van der Waals surface area contributed by atoms with Crippen molar-refractivity contribution in [1.29, 1.82) is 0 Å². The molecule has 1 aliphatic carbocycles. The number of rotatable bonds is 8. The van der Waals surface area contributed by atoms with Gasteiger partial charge in [0.15, 0.2) is 0 Å². The number of nitrogens with zero attached hydrogens (tertiary/aromatic N) is 1. The molecule has 0 bridgehead atoms. The lowest BCUT2D eigenvalue weighted by atomic mass is 9.87. The number of hydrogen-bond acceptors (Lipinski definition) is 4. The van der Waals surface area contributed by atoms with E-state index in [1.807, 2.05) is 36.4 Å². The lowest BCUT2D eigenvalue weighted by Crippen LogP contribution is -2.26. The lowest BCUT2D eigenvalue weighted by Gasteiger charge is -2.19. The van der Waals surface area contributed by atoms with Crippen LogP contribution in [-0.2, 0) is 6.42 Å². The molecule has 0 aromatic heterocycles. The van der Waals surface area contributed by atoms with E-state index in [1.165, 1.54) is 0 Å². The number of aryl methyl sites for hydroxylation is 1. The molecule has 3 aromatic carbocycles. The van der Waals surface area contributed by atoms with Crippen molar-refractivity contribution in [1.82, 2.24) is 10.4 Å². The zero-order chi connectivity index (χ0) is 27.4. The van der Waals surface area contributed by atoms with Crippen LogP contribution in [0.4, 0.5) is 4.39 Å². The molecule has 5 rings (SSSR count). The molecule has 3 aromatic rings. The summed E-state index contributed by atoms with van der Waals surface area (Å²) in [5.74, 6) is 0.261. The zero-order valence-electron chi connectivity index (χ0n) is 21.6. The summed E-state index contributed by atoms with van der Waals surface area (Å²) in [6.45, 7) is 2.21. The molecule has 1 fully saturated rings. The summed E-state index contributed by atoms with van der Waals surface area (Å²) in [4.78, 5) is 14.4. The summed E-state index contributed by atoms with van der Waals surface area (Å²) in [6.07, 6.45) is 4.02. The molecule has 0 saturated carbocycles. The molecule has 0 radical (unpaired) electrons. The van der Waals surface area contributed by atoms with Crippen LogP contribution in [0.15, 0.2) is 60.7 Å². The minimum atomic E-state index is -0.537. The number of ether oxygens (including phenoxy) is 1. The van der Waals surface area contributed by atoms with Crippen LogP contribution in [0.1, 0.15) is 58.3 Å². The van der Waals surface area contributed by atoms with E-state index < -0.39 is 5.91 Å². The van der Waals surface area contributed by atoms with Gasteiger partial charge < -0.3 is 4.74 Å². The number of likely N-dealkylation sites (tertiary alicyclic amines) is 1. The number of carbonyl (C=O) groups excluding carboxylic acids is 1. The van der Waals surface area contributed by atoms with E-state index in [-0.39, 0.29) is 12.8 Å². The van der Waals surface area contributed by atoms with Crippen LogP contribution in [0, 0.1) is 0 Å². The maximum atomic E-state index is 12.5. The first-order chi connectivity index (χ1) is 19.0. The summed E-state index contributed by atoms with van der Waals surface area (Å²) < 4.78 is 18.8. The van der Waals surface area contributed by atoms with E-state index >= 15 is 0 Å². The number of hydroxylamine groups is 1. The van der Waals surface area contributed by atoms with Gasteiger partial charge >= 0.3 is 0 Å². The summed E-state index contributed by atoms with van der Waals surface area (Å²) in [5.41, 5.74) is 8.30. The second-order valence-electron chi connectivity index (χ2n) is 10.0. The molecule has 5 nitrogen and oxygen atoms in total. The van der Waals surface area contributed by atoms with Gasteiger partial charge in [-0.25, -0.2) is 5.48 Å². The smallest absolute Gasteiger partial charge is 0.274 e. The Hall–Kier alpha value is -2.90. The van der Waals surface area contributed by atoms with E-state index in [1.54, 1.807) is 17.6 Å². The Morgan fingerprint density at radius 2 is 1.85 bits per heavy atom. The summed E-state index contributed by atoms with van der Waals surface area (Å²) in [5, 5.41) is 10.3. The third-order valence-electron chi connectivity index (χ3n) is 7.45. The SMILES string of the molecule is O=C(NO)c1ccc2c(c1)CCCC(c1ccc(Cl)cc1Cl)=C2c1ccc(OC2CCN(CCCF)C2)cc1. The second-order valence-corrected chi connectivity index (χ2v) is 10.9. The third-order valence-corrected chi connectivity index (χ3v) is 8.00. The van der Waals surface area contributed by atoms with Gasteiger partial charge in [-0.05, 0) is 102 Å². The average Bonchev–Trinajstić information content (AvgIpc) is 3.30. The molecule has 39 heavy (non-hydrogen) atoms. The number of nitrogens with one attached hydrogen (secondary N) is 1. The van der Waals surface area contributed by atoms with Crippen LogP contribution in [-0.4, -0.2) is 48.4 Å². The summed E-state index contributed by atoms with van der Waals surface area (Å²) >= 11 is 12.9. The van der Waals surface area contributed by atoms with Gasteiger partial charge in [-0.2, -0.15) is 0 Å². The highest BCUT2D eigenvalue weighted by atomic mass is 35.5. The van der Waals surface area contributed by atoms with E-state index in [0.29, 0.717) is 22.0 Å². The molecular weight excluding hydrogens is 538 g/mol. The lowest BCUT2D eigenvalue weighted by molar-refractivity contribution is 0.0706. The van der Waals surface area contributed by atoms with E-state index in [0.717, 1.165) is 84.5 Å². The minimum Gasteiger partial charge on any atom is -0.489 e. The van der Waals surface area contributed by atoms with E-state index in [4.69, 9.17) is 33.1 Å². The number of carbonyl (C=O) groups is 1. The maximum absolute atomic E-state index is 12.5. The van der Waals surface area contributed by atoms with Gasteiger partial charge in [0.2, 0.25) is 0 Å². The fourth-order valence-corrected chi connectivity index (χ4v) is 6.12. The van der Waals surface area contributed by atoms with Crippen molar-refractivity contribution in [3.63, 3.8) is 0 Å². The van der Waals surface area contributed by atoms with Crippen LogP contribution < -0.4 is 10.2 Å². The predicted molar refractivity (Wildman–Crippen MR) is 154 cm³/mol. The molecular formula is C31H31Cl2FN2O3. The number of benzene rings is 3. The number of allylic oxidation sites excluding steroid dienone is 1.